The van der Waals surface area contributed by atoms with Crippen LogP contribution in [0.15, 0.2) is 24.4 Å². The topological polar surface area (TPSA) is 46.0 Å². The number of hydrogen-bond donors (Lipinski definition) is 1. The van der Waals surface area contributed by atoms with E-state index in [1.54, 1.807) is 25.1 Å². The molecule has 0 aliphatic heterocycles. The summed E-state index contributed by atoms with van der Waals surface area (Å²) in [4.78, 5) is 7.67. The summed E-state index contributed by atoms with van der Waals surface area (Å²) in [5.74, 6) is 0. The Hall–Kier alpha value is -1.62. The fourth-order valence-corrected chi connectivity index (χ4v) is 1.41. The Morgan fingerprint density at radius 1 is 1.25 bits per heavy atom. The molecule has 0 saturated carbocycles. The average molecular weight is 224 g/mol. The fraction of sp³-hybridized carbons (Fsp3) is 0.273. The van der Waals surface area contributed by atoms with E-state index >= 15 is 0 Å². The van der Waals surface area contributed by atoms with Crippen molar-refractivity contribution < 1.29 is 13.9 Å². The Bertz CT molecular complexity index is 472. The van der Waals surface area contributed by atoms with Crippen molar-refractivity contribution in [3.8, 4) is 0 Å². The third kappa shape index (κ3) is 1.99. The van der Waals surface area contributed by atoms with E-state index in [-0.39, 0.29) is 5.69 Å². The zero-order chi connectivity index (χ0) is 11.7. The van der Waals surface area contributed by atoms with Crippen molar-refractivity contribution in [1.82, 2.24) is 9.97 Å². The first-order chi connectivity index (χ1) is 7.58. The Kier molecular flexibility index (Phi) is 2.78. The summed E-state index contributed by atoms with van der Waals surface area (Å²) < 4.78 is 24.8. The van der Waals surface area contributed by atoms with E-state index in [9.17, 15) is 13.9 Å². The lowest BCUT2D eigenvalue weighted by Gasteiger charge is -2.06. The Morgan fingerprint density at radius 3 is 2.62 bits per heavy atom. The summed E-state index contributed by atoms with van der Waals surface area (Å²) in [5, 5.41) is 9.37. The van der Waals surface area contributed by atoms with E-state index in [2.05, 4.69) is 9.97 Å². The molecule has 3 nitrogen and oxygen atoms in total. The molecular formula is C11H10F2N2O. The van der Waals surface area contributed by atoms with E-state index < -0.39 is 12.5 Å². The standard InChI is InChI=1S/C11H10F2N2O/c1-6(16)7-2-3-8-9(4-7)15-10(5-14-8)11(12)13/h2-6,11,16H,1H3. The fourth-order valence-electron chi connectivity index (χ4n) is 1.41. The van der Waals surface area contributed by atoms with Crippen LogP contribution >= 0.6 is 0 Å². The van der Waals surface area contributed by atoms with Gasteiger partial charge in [-0.05, 0) is 24.6 Å². The maximum atomic E-state index is 12.4. The quantitative estimate of drug-likeness (QED) is 0.852. The maximum absolute atomic E-state index is 12.4. The lowest BCUT2D eigenvalue weighted by Crippen LogP contribution is -1.96. The minimum Gasteiger partial charge on any atom is -0.389 e. The highest BCUT2D eigenvalue weighted by molar-refractivity contribution is 5.74. The third-order valence-corrected chi connectivity index (χ3v) is 2.29. The minimum atomic E-state index is -2.63. The van der Waals surface area contributed by atoms with Crippen LogP contribution in [0, 0.1) is 0 Å². The lowest BCUT2D eigenvalue weighted by molar-refractivity contribution is 0.146. The molecule has 1 unspecified atom stereocenters. The molecule has 1 N–H and O–H groups in total. The van der Waals surface area contributed by atoms with Gasteiger partial charge in [0, 0.05) is 0 Å². The molecular weight excluding hydrogens is 214 g/mol. The van der Waals surface area contributed by atoms with Crippen molar-refractivity contribution in [2.45, 2.75) is 19.5 Å². The lowest BCUT2D eigenvalue weighted by atomic mass is 10.1. The van der Waals surface area contributed by atoms with Gasteiger partial charge in [-0.3, -0.25) is 4.98 Å². The van der Waals surface area contributed by atoms with Crippen LogP contribution in [0.25, 0.3) is 11.0 Å². The molecule has 0 aliphatic carbocycles. The number of aliphatic hydroxyl groups excluding tert-OH is 1. The monoisotopic (exact) mass is 224 g/mol. The van der Waals surface area contributed by atoms with Crippen LogP contribution < -0.4 is 0 Å². The van der Waals surface area contributed by atoms with Gasteiger partial charge in [0.25, 0.3) is 6.43 Å². The first kappa shape index (κ1) is 10.9. The van der Waals surface area contributed by atoms with Crippen LogP contribution in [-0.2, 0) is 0 Å². The normalized spacial score (nSPS) is 13.3. The van der Waals surface area contributed by atoms with Crippen molar-refractivity contribution in [3.63, 3.8) is 0 Å². The zero-order valence-corrected chi connectivity index (χ0v) is 8.56. The second-order valence-electron chi connectivity index (χ2n) is 3.52. The Labute approximate surface area is 90.8 Å². The van der Waals surface area contributed by atoms with E-state index in [4.69, 9.17) is 0 Å². The molecule has 0 fully saturated rings. The summed E-state index contributed by atoms with van der Waals surface area (Å²) >= 11 is 0. The average Bonchev–Trinajstić information content (AvgIpc) is 2.27. The number of hydrogen-bond acceptors (Lipinski definition) is 3. The van der Waals surface area contributed by atoms with E-state index in [0.29, 0.717) is 16.6 Å². The highest BCUT2D eigenvalue weighted by Gasteiger charge is 2.11. The molecule has 2 rings (SSSR count). The van der Waals surface area contributed by atoms with Gasteiger partial charge in [-0.1, -0.05) is 6.07 Å². The van der Waals surface area contributed by atoms with E-state index in [1.165, 1.54) is 0 Å². The molecule has 0 aliphatic rings. The van der Waals surface area contributed by atoms with Gasteiger partial charge in [0.1, 0.15) is 5.69 Å². The van der Waals surface area contributed by atoms with Crippen LogP contribution in [0.5, 0.6) is 0 Å². The third-order valence-electron chi connectivity index (χ3n) is 2.29. The molecule has 1 heterocycles. The molecule has 16 heavy (non-hydrogen) atoms. The van der Waals surface area contributed by atoms with Crippen LogP contribution in [0.3, 0.4) is 0 Å². The molecule has 0 saturated heterocycles. The molecule has 0 radical (unpaired) electrons. The summed E-state index contributed by atoms with van der Waals surface area (Å²) in [6, 6.07) is 4.92. The number of alkyl halides is 2. The number of aromatic nitrogens is 2. The van der Waals surface area contributed by atoms with Crippen LogP contribution in [0.2, 0.25) is 0 Å². The first-order valence-electron chi connectivity index (χ1n) is 4.81. The smallest absolute Gasteiger partial charge is 0.281 e. The van der Waals surface area contributed by atoms with Gasteiger partial charge in [-0.15, -0.1) is 0 Å². The van der Waals surface area contributed by atoms with E-state index in [1.807, 2.05) is 0 Å². The second-order valence-corrected chi connectivity index (χ2v) is 3.52. The largest absolute Gasteiger partial charge is 0.389 e. The van der Waals surface area contributed by atoms with Gasteiger partial charge in [0.2, 0.25) is 0 Å². The molecule has 1 atom stereocenters. The van der Waals surface area contributed by atoms with Gasteiger partial charge in [0.15, 0.2) is 0 Å². The minimum absolute atomic E-state index is 0.352. The summed E-state index contributed by atoms with van der Waals surface area (Å²) in [6.07, 6.45) is -2.22. The summed E-state index contributed by atoms with van der Waals surface area (Å²) in [5.41, 5.74) is 1.19. The zero-order valence-electron chi connectivity index (χ0n) is 8.56. The second kappa shape index (κ2) is 4.09. The highest BCUT2D eigenvalue weighted by atomic mass is 19.3. The summed E-state index contributed by atoms with van der Waals surface area (Å²) in [7, 11) is 0. The molecule has 84 valence electrons. The Balaban J connectivity index is 2.56. The van der Waals surface area contributed by atoms with Crippen molar-refractivity contribution in [1.29, 1.82) is 0 Å². The number of nitrogens with zero attached hydrogens (tertiary/aromatic N) is 2. The molecule has 1 aromatic carbocycles. The van der Waals surface area contributed by atoms with Crippen molar-refractivity contribution in [2.24, 2.45) is 0 Å². The number of aliphatic hydroxyl groups is 1. The number of rotatable bonds is 2. The van der Waals surface area contributed by atoms with Gasteiger partial charge in [0.05, 0.1) is 23.3 Å². The molecule has 2 aromatic rings. The first-order valence-corrected chi connectivity index (χ1v) is 4.81. The maximum Gasteiger partial charge on any atom is 0.281 e. The molecule has 0 spiro atoms. The Morgan fingerprint density at radius 2 is 2.00 bits per heavy atom. The predicted molar refractivity (Wildman–Crippen MR) is 55.1 cm³/mol. The summed E-state index contributed by atoms with van der Waals surface area (Å²) in [6.45, 7) is 1.60. The highest BCUT2D eigenvalue weighted by Crippen LogP contribution is 2.21. The number of benzene rings is 1. The number of halogens is 2. The van der Waals surface area contributed by atoms with Gasteiger partial charge in [-0.2, -0.15) is 0 Å². The van der Waals surface area contributed by atoms with Crippen molar-refractivity contribution in [3.05, 3.63) is 35.7 Å². The van der Waals surface area contributed by atoms with Crippen molar-refractivity contribution >= 4 is 11.0 Å². The predicted octanol–water partition coefficient (Wildman–Crippen LogP) is 2.62. The van der Waals surface area contributed by atoms with Gasteiger partial charge < -0.3 is 5.11 Å². The van der Waals surface area contributed by atoms with Crippen LogP contribution in [0.1, 0.15) is 30.7 Å². The van der Waals surface area contributed by atoms with Crippen LogP contribution in [0.4, 0.5) is 8.78 Å². The number of fused-ring (bicyclic) bond motifs is 1. The molecule has 1 aromatic heterocycles. The van der Waals surface area contributed by atoms with Gasteiger partial charge >= 0.3 is 0 Å². The van der Waals surface area contributed by atoms with Gasteiger partial charge in [-0.25, -0.2) is 13.8 Å². The molecule has 0 bridgehead atoms. The van der Waals surface area contributed by atoms with E-state index in [0.717, 1.165) is 6.20 Å². The molecule has 5 heteroatoms. The van der Waals surface area contributed by atoms with Crippen LogP contribution in [-0.4, -0.2) is 15.1 Å². The molecule has 0 amide bonds. The SMILES string of the molecule is CC(O)c1ccc2ncc(C(F)F)nc2c1. The van der Waals surface area contributed by atoms with Crippen molar-refractivity contribution in [2.75, 3.05) is 0 Å².